The Labute approximate surface area is 232 Å². The lowest BCUT2D eigenvalue weighted by Gasteiger charge is -2.45. The number of thioether (sulfide) groups is 1. The summed E-state index contributed by atoms with van der Waals surface area (Å²) in [4.78, 5) is 34.1. The van der Waals surface area contributed by atoms with Gasteiger partial charge in [0, 0.05) is 53.9 Å². The lowest BCUT2D eigenvalue weighted by atomic mass is 9.95. The minimum absolute atomic E-state index is 0.102. The predicted octanol–water partition coefficient (Wildman–Crippen LogP) is 5.13. The molecule has 0 spiro atoms. The molecule has 0 bridgehead atoms. The molecule has 2 aliphatic rings. The number of amides is 1. The van der Waals surface area contributed by atoms with E-state index in [1.54, 1.807) is 9.80 Å². The third-order valence-corrected chi connectivity index (χ3v) is 8.61. The van der Waals surface area contributed by atoms with Gasteiger partial charge in [-0.25, -0.2) is 9.18 Å². The van der Waals surface area contributed by atoms with Crippen molar-refractivity contribution in [2.75, 3.05) is 37.5 Å². The van der Waals surface area contributed by atoms with Gasteiger partial charge in [0.2, 0.25) is 5.91 Å². The summed E-state index contributed by atoms with van der Waals surface area (Å²) in [5, 5.41) is 0.184. The first-order valence-corrected chi connectivity index (χ1v) is 13.7. The van der Waals surface area contributed by atoms with Crippen LogP contribution in [0.1, 0.15) is 25.5 Å². The average molecular weight is 577 g/mol. The molecule has 5 rings (SSSR count). The van der Waals surface area contributed by atoms with Gasteiger partial charge in [0.25, 0.3) is 0 Å². The Morgan fingerprint density at radius 3 is 2.42 bits per heavy atom. The van der Waals surface area contributed by atoms with E-state index in [1.807, 2.05) is 13.8 Å². The molecular formula is C28H28F4N4O3S. The molecule has 12 heteroatoms. The van der Waals surface area contributed by atoms with Gasteiger partial charge in [0.05, 0.1) is 23.7 Å². The number of carbonyl (C=O) groups is 1. The first-order valence-electron chi connectivity index (χ1n) is 12.7. The van der Waals surface area contributed by atoms with Crippen molar-refractivity contribution in [3.63, 3.8) is 0 Å². The van der Waals surface area contributed by atoms with Crippen molar-refractivity contribution >= 4 is 34.4 Å². The van der Waals surface area contributed by atoms with Gasteiger partial charge in [-0.1, -0.05) is 18.7 Å². The largest absolute Gasteiger partial charge is 0.417 e. The molecule has 0 N–H and O–H groups in total. The number of piperazine rings is 1. The Bertz CT molecular complexity index is 1530. The van der Waals surface area contributed by atoms with E-state index in [2.05, 4.69) is 11.6 Å². The maximum Gasteiger partial charge on any atom is 0.417 e. The quantitative estimate of drug-likeness (QED) is 0.310. The molecule has 2 aromatic carbocycles. The van der Waals surface area contributed by atoms with Crippen LogP contribution in [-0.2, 0) is 15.7 Å². The Morgan fingerprint density at radius 1 is 1.20 bits per heavy atom. The van der Waals surface area contributed by atoms with Gasteiger partial charge in [0.1, 0.15) is 11.6 Å². The van der Waals surface area contributed by atoms with E-state index in [-0.39, 0.29) is 64.9 Å². The van der Waals surface area contributed by atoms with Crippen LogP contribution in [0, 0.1) is 5.82 Å². The fourth-order valence-electron chi connectivity index (χ4n) is 5.81. The number of nitrogens with zero attached hydrogens (tertiary/aromatic N) is 4. The number of anilines is 1. The van der Waals surface area contributed by atoms with E-state index < -0.39 is 29.3 Å². The fraction of sp³-hybridized carbons (Fsp3) is 0.393. The summed E-state index contributed by atoms with van der Waals surface area (Å²) in [6.07, 6.45) is -3.51. The molecule has 7 nitrogen and oxygen atoms in total. The Hall–Kier alpha value is -3.38. The highest BCUT2D eigenvalue weighted by Gasteiger charge is 2.40. The topological polar surface area (TPSA) is 67.7 Å². The second-order valence-corrected chi connectivity index (χ2v) is 11.1. The van der Waals surface area contributed by atoms with Crippen molar-refractivity contribution in [1.29, 1.82) is 0 Å². The minimum Gasteiger partial charge on any atom is -0.383 e. The zero-order valence-corrected chi connectivity index (χ0v) is 23.0. The molecule has 3 atom stereocenters. The minimum atomic E-state index is -4.74. The van der Waals surface area contributed by atoms with Crippen molar-refractivity contribution in [1.82, 2.24) is 14.5 Å². The second kappa shape index (κ2) is 10.5. The van der Waals surface area contributed by atoms with E-state index >= 15 is 0 Å². The summed E-state index contributed by atoms with van der Waals surface area (Å²) < 4.78 is 64.5. The highest BCUT2D eigenvalue weighted by Crippen LogP contribution is 2.49. The van der Waals surface area contributed by atoms with Crippen LogP contribution in [0.4, 0.5) is 23.4 Å². The normalized spacial score (nSPS) is 21.1. The lowest BCUT2D eigenvalue weighted by molar-refractivity contribution is -0.137. The Kier molecular flexibility index (Phi) is 7.43. The Morgan fingerprint density at radius 2 is 1.85 bits per heavy atom. The van der Waals surface area contributed by atoms with Crippen molar-refractivity contribution in [2.24, 2.45) is 0 Å². The summed E-state index contributed by atoms with van der Waals surface area (Å²) in [5.41, 5.74) is -1.06. The van der Waals surface area contributed by atoms with E-state index in [0.29, 0.717) is 11.3 Å². The van der Waals surface area contributed by atoms with Gasteiger partial charge >= 0.3 is 11.9 Å². The third kappa shape index (κ3) is 4.77. The van der Waals surface area contributed by atoms with Gasteiger partial charge in [0.15, 0.2) is 0 Å². The molecule has 3 heterocycles. The van der Waals surface area contributed by atoms with E-state index in [4.69, 9.17) is 4.74 Å². The summed E-state index contributed by atoms with van der Waals surface area (Å²) in [6.45, 7) is 7.93. The number of alkyl halides is 3. The van der Waals surface area contributed by atoms with Crippen LogP contribution < -0.4 is 10.6 Å². The first-order chi connectivity index (χ1) is 19.0. The molecule has 40 heavy (non-hydrogen) atoms. The standard InChI is InChI=1S/C28H28F4N4O3S/c1-5-22(37)35-15(2)11-34(12-16(35)3)26-20-10-21(28(30,31)32)23(17-6-8-18(29)9-7-17)25-24(20)36(27(38)33-26)19(13-39-4)14-40-25/h5-10,15-16,19H,1,11-14H2,2-4H3. The van der Waals surface area contributed by atoms with Crippen LogP contribution in [-0.4, -0.2) is 65.0 Å². The number of benzene rings is 2. The summed E-state index contributed by atoms with van der Waals surface area (Å²) >= 11 is 1.21. The lowest BCUT2D eigenvalue weighted by Crippen LogP contribution is -2.58. The molecule has 0 aliphatic carbocycles. The molecule has 1 amide bonds. The van der Waals surface area contributed by atoms with Crippen molar-refractivity contribution < 1.29 is 27.1 Å². The second-order valence-electron chi connectivity index (χ2n) is 10.1. The number of hydrogen-bond acceptors (Lipinski definition) is 6. The number of methoxy groups -OCH3 is 1. The monoisotopic (exact) mass is 576 g/mol. The molecule has 2 aliphatic heterocycles. The summed E-state index contributed by atoms with van der Waals surface area (Å²) in [6, 6.07) is 4.84. The average Bonchev–Trinajstić information content (AvgIpc) is 2.90. The fourth-order valence-corrected chi connectivity index (χ4v) is 7.13. The van der Waals surface area contributed by atoms with Gasteiger partial charge in [-0.15, -0.1) is 11.8 Å². The van der Waals surface area contributed by atoms with Gasteiger partial charge in [-0.2, -0.15) is 18.2 Å². The van der Waals surface area contributed by atoms with Crippen LogP contribution in [0.15, 0.2) is 52.7 Å². The molecule has 0 saturated carbocycles. The number of ether oxygens (including phenoxy) is 1. The Balaban J connectivity index is 1.81. The smallest absolute Gasteiger partial charge is 0.383 e. The number of halogens is 4. The summed E-state index contributed by atoms with van der Waals surface area (Å²) in [7, 11) is 1.49. The summed E-state index contributed by atoms with van der Waals surface area (Å²) in [5.74, 6) is -0.383. The van der Waals surface area contributed by atoms with Gasteiger partial charge < -0.3 is 14.5 Å². The van der Waals surface area contributed by atoms with Gasteiger partial charge in [-0.05, 0) is 43.7 Å². The van der Waals surface area contributed by atoms with Crippen LogP contribution in [0.25, 0.3) is 22.0 Å². The van der Waals surface area contributed by atoms with E-state index in [1.165, 1.54) is 41.6 Å². The van der Waals surface area contributed by atoms with E-state index in [0.717, 1.165) is 18.2 Å². The van der Waals surface area contributed by atoms with Crippen molar-refractivity contribution in [3.05, 3.63) is 64.9 Å². The number of aromatic nitrogens is 2. The van der Waals surface area contributed by atoms with Crippen LogP contribution in [0.5, 0.6) is 0 Å². The zero-order chi connectivity index (χ0) is 28.9. The third-order valence-electron chi connectivity index (χ3n) is 7.37. The molecule has 212 valence electrons. The van der Waals surface area contributed by atoms with Crippen LogP contribution in [0.2, 0.25) is 0 Å². The number of rotatable bonds is 5. The van der Waals surface area contributed by atoms with Crippen LogP contribution >= 0.6 is 11.8 Å². The molecular weight excluding hydrogens is 548 g/mol. The maximum atomic E-state index is 14.7. The predicted molar refractivity (Wildman–Crippen MR) is 146 cm³/mol. The molecule has 1 aromatic heterocycles. The molecule has 1 fully saturated rings. The number of hydrogen-bond donors (Lipinski definition) is 0. The first kappa shape index (κ1) is 28.2. The highest BCUT2D eigenvalue weighted by atomic mass is 32.2. The molecule has 3 aromatic rings. The van der Waals surface area contributed by atoms with Crippen LogP contribution in [0.3, 0.4) is 0 Å². The molecule has 3 unspecified atom stereocenters. The highest BCUT2D eigenvalue weighted by molar-refractivity contribution is 7.99. The zero-order valence-electron chi connectivity index (χ0n) is 22.2. The van der Waals surface area contributed by atoms with Crippen molar-refractivity contribution in [3.8, 4) is 11.1 Å². The maximum absolute atomic E-state index is 14.7. The number of carbonyl (C=O) groups excluding carboxylic acids is 1. The van der Waals surface area contributed by atoms with Gasteiger partial charge in [-0.3, -0.25) is 9.36 Å². The van der Waals surface area contributed by atoms with E-state index in [9.17, 15) is 27.2 Å². The molecule has 0 radical (unpaired) electrons. The SMILES string of the molecule is C=CC(=O)N1C(C)CN(c2nc(=O)n3c4c(c(-c5ccc(F)cc5)c(C(F)(F)F)cc24)SCC3COC)CC1C. The molecule has 1 saturated heterocycles. The van der Waals surface area contributed by atoms with Crippen molar-refractivity contribution in [2.45, 2.75) is 43.0 Å².